The van der Waals surface area contributed by atoms with E-state index < -0.39 is 0 Å². The molecule has 5 aliphatic rings. The minimum Gasteiger partial charge on any atom is -0.310 e. The molecule has 5 aliphatic carbocycles. The van der Waals surface area contributed by atoms with Gasteiger partial charge in [0, 0.05) is 27.8 Å². The molecule has 2 spiro atoms. The fourth-order valence-electron chi connectivity index (χ4n) is 13.9. The lowest BCUT2D eigenvalue weighted by molar-refractivity contribution is 0.0426. The summed E-state index contributed by atoms with van der Waals surface area (Å²) in [7, 11) is 0. The molecule has 3 saturated carbocycles. The second-order valence-electron chi connectivity index (χ2n) is 19.4. The van der Waals surface area contributed by atoms with Crippen LogP contribution in [0.4, 0.5) is 17.1 Å². The summed E-state index contributed by atoms with van der Waals surface area (Å²) in [5.74, 6) is 3.00. The van der Waals surface area contributed by atoms with Crippen molar-refractivity contribution in [3.8, 4) is 44.5 Å². The van der Waals surface area contributed by atoms with Gasteiger partial charge in [-0.25, -0.2) is 0 Å². The van der Waals surface area contributed by atoms with E-state index in [2.05, 4.69) is 183 Å². The predicted molar refractivity (Wildman–Crippen MR) is 251 cm³/mol. The number of nitrogens with zero attached hydrogens (tertiary/aromatic N) is 1. The van der Waals surface area contributed by atoms with Crippen molar-refractivity contribution in [2.75, 3.05) is 4.90 Å². The van der Waals surface area contributed by atoms with Gasteiger partial charge in [-0.05, 0) is 160 Å². The number of rotatable bonds is 5. The van der Waals surface area contributed by atoms with E-state index in [-0.39, 0.29) is 10.8 Å². The molecule has 12 rings (SSSR count). The first-order chi connectivity index (χ1) is 29.5. The van der Waals surface area contributed by atoms with Crippen LogP contribution in [0.2, 0.25) is 0 Å². The Hall–Kier alpha value is -5.66. The zero-order valence-electron chi connectivity index (χ0n) is 35.2. The summed E-state index contributed by atoms with van der Waals surface area (Å²) in [4.78, 5) is 2.55. The SMILES string of the molecule is C[C@@H]1CC2C[C@@H](C1)[C@@]1(c3ccccc3-c3cc(-c4ccccc4N(c4ccc(-c5ccccc5)cc4)c4ccc5c(c4)C4(CCCCC4)c4ccccc4-5)ccc31)[C@@H](C)C2. The van der Waals surface area contributed by atoms with Crippen molar-refractivity contribution in [2.24, 2.45) is 23.7 Å². The van der Waals surface area contributed by atoms with E-state index in [0.717, 1.165) is 11.8 Å². The molecule has 0 radical (unpaired) electrons. The fraction of sp³-hybridized carbons (Fsp3) is 0.288. The van der Waals surface area contributed by atoms with Crippen LogP contribution in [0.5, 0.6) is 0 Å². The van der Waals surface area contributed by atoms with Gasteiger partial charge >= 0.3 is 0 Å². The Kier molecular flexibility index (Phi) is 8.42. The molecular formula is C59H55N. The van der Waals surface area contributed by atoms with Crippen LogP contribution in [0.15, 0.2) is 164 Å². The van der Waals surface area contributed by atoms with Crippen molar-refractivity contribution >= 4 is 17.1 Å². The Morgan fingerprint density at radius 3 is 1.85 bits per heavy atom. The minimum atomic E-state index is 0.0816. The lowest BCUT2D eigenvalue weighted by Crippen LogP contribution is -2.49. The maximum Gasteiger partial charge on any atom is 0.0540 e. The van der Waals surface area contributed by atoms with Crippen LogP contribution >= 0.6 is 0 Å². The smallest absolute Gasteiger partial charge is 0.0540 e. The molecule has 3 fully saturated rings. The van der Waals surface area contributed by atoms with Gasteiger partial charge in [-0.3, -0.25) is 0 Å². The van der Waals surface area contributed by atoms with Gasteiger partial charge < -0.3 is 4.90 Å². The summed E-state index contributed by atoms with van der Waals surface area (Å²) in [6.45, 7) is 5.10. The maximum atomic E-state index is 2.58. The summed E-state index contributed by atoms with van der Waals surface area (Å²) in [5, 5.41) is 0. The zero-order valence-corrected chi connectivity index (χ0v) is 35.2. The third kappa shape index (κ3) is 5.30. The largest absolute Gasteiger partial charge is 0.310 e. The lowest BCUT2D eigenvalue weighted by atomic mass is 9.49. The average Bonchev–Trinajstić information content (AvgIpc) is 3.73. The van der Waals surface area contributed by atoms with Crippen LogP contribution in [0.3, 0.4) is 0 Å². The Labute approximate surface area is 357 Å². The van der Waals surface area contributed by atoms with Crippen molar-refractivity contribution in [3.63, 3.8) is 0 Å². The molecule has 0 N–H and O–H groups in total. The Morgan fingerprint density at radius 2 is 1.05 bits per heavy atom. The standard InChI is InChI=1S/C59H55N/c1-39-33-41-35-40(2)59(45(34-39)36-41)54-21-11-8-19-50(54)52-37-44(25-30-55(52)59)48-17-9-12-22-57(48)60(46-26-23-43(24-27-46)42-15-5-3-6-16-42)47-28-29-51-49-18-7-10-20-53(49)58(56(51)38-47)31-13-4-14-32-58/h3,5-12,15-30,37-41,45H,4,13-14,31-36H2,1-2H3/t39-,40+,41?,45-,59-/m1/s1. The number of anilines is 3. The van der Waals surface area contributed by atoms with Crippen LogP contribution in [0.25, 0.3) is 44.5 Å². The highest BCUT2D eigenvalue weighted by Crippen LogP contribution is 2.65. The van der Waals surface area contributed by atoms with Crippen LogP contribution in [-0.2, 0) is 10.8 Å². The third-order valence-electron chi connectivity index (χ3n) is 16.2. The second kappa shape index (κ2) is 14.0. The highest BCUT2D eigenvalue weighted by molar-refractivity contribution is 5.93. The average molecular weight is 778 g/mol. The van der Waals surface area contributed by atoms with Gasteiger partial charge in [0.1, 0.15) is 0 Å². The Balaban J connectivity index is 1.03. The minimum absolute atomic E-state index is 0.0816. The molecule has 7 aromatic carbocycles. The van der Waals surface area contributed by atoms with Gasteiger partial charge in [-0.2, -0.15) is 0 Å². The maximum absolute atomic E-state index is 2.58. The van der Waals surface area contributed by atoms with Crippen molar-refractivity contribution in [1.82, 2.24) is 0 Å². The van der Waals surface area contributed by atoms with E-state index in [1.54, 1.807) is 11.1 Å². The molecule has 0 aromatic heterocycles. The number of benzene rings is 7. The van der Waals surface area contributed by atoms with Crippen molar-refractivity contribution in [1.29, 1.82) is 0 Å². The van der Waals surface area contributed by atoms with Crippen LogP contribution in [0.1, 0.15) is 93.9 Å². The van der Waals surface area contributed by atoms with E-state index in [1.165, 1.54) is 130 Å². The van der Waals surface area contributed by atoms with E-state index in [1.807, 2.05) is 0 Å². The van der Waals surface area contributed by atoms with Gasteiger partial charge in [-0.15, -0.1) is 0 Å². The van der Waals surface area contributed by atoms with Crippen LogP contribution in [0, 0.1) is 23.7 Å². The monoisotopic (exact) mass is 777 g/mol. The molecule has 60 heavy (non-hydrogen) atoms. The van der Waals surface area contributed by atoms with E-state index in [9.17, 15) is 0 Å². The summed E-state index contributed by atoms with van der Waals surface area (Å²) in [6.07, 6.45) is 11.8. The summed E-state index contributed by atoms with van der Waals surface area (Å²) in [6, 6.07) is 63.0. The molecule has 1 unspecified atom stereocenters. The topological polar surface area (TPSA) is 3.24 Å². The molecular weight excluding hydrogens is 723 g/mol. The summed E-state index contributed by atoms with van der Waals surface area (Å²) < 4.78 is 0. The highest BCUT2D eigenvalue weighted by atomic mass is 15.1. The fourth-order valence-corrected chi connectivity index (χ4v) is 13.9. The first-order valence-electron chi connectivity index (χ1n) is 23.1. The normalized spacial score (nSPS) is 24.1. The molecule has 2 bridgehead atoms. The summed E-state index contributed by atoms with van der Waals surface area (Å²) in [5.41, 5.74) is 20.8. The van der Waals surface area contributed by atoms with E-state index >= 15 is 0 Å². The number of hydrogen-bond acceptors (Lipinski definition) is 1. The molecule has 0 saturated heterocycles. The molecule has 5 atom stereocenters. The number of fused-ring (bicyclic) bond motifs is 13. The zero-order chi connectivity index (χ0) is 40.0. The Bertz CT molecular complexity index is 2750. The molecule has 1 heteroatoms. The highest BCUT2D eigenvalue weighted by Gasteiger charge is 2.56. The van der Waals surface area contributed by atoms with E-state index in [0.29, 0.717) is 11.8 Å². The lowest BCUT2D eigenvalue weighted by Gasteiger charge is -2.54. The molecule has 0 aliphatic heterocycles. The molecule has 7 aromatic rings. The molecule has 0 heterocycles. The second-order valence-corrected chi connectivity index (χ2v) is 19.4. The van der Waals surface area contributed by atoms with E-state index in [4.69, 9.17) is 0 Å². The van der Waals surface area contributed by atoms with Crippen LogP contribution in [-0.4, -0.2) is 0 Å². The first-order valence-corrected chi connectivity index (χ1v) is 23.1. The molecule has 0 amide bonds. The van der Waals surface area contributed by atoms with Gasteiger partial charge in [0.05, 0.1) is 5.69 Å². The van der Waals surface area contributed by atoms with Gasteiger partial charge in [0.25, 0.3) is 0 Å². The quantitative estimate of drug-likeness (QED) is 0.168. The predicted octanol–water partition coefficient (Wildman–Crippen LogP) is 16.1. The van der Waals surface area contributed by atoms with Crippen molar-refractivity contribution in [3.05, 3.63) is 186 Å². The van der Waals surface area contributed by atoms with Gasteiger partial charge in [0.2, 0.25) is 0 Å². The molecule has 1 nitrogen and oxygen atoms in total. The first kappa shape index (κ1) is 36.2. The summed E-state index contributed by atoms with van der Waals surface area (Å²) >= 11 is 0. The van der Waals surface area contributed by atoms with Crippen molar-refractivity contribution in [2.45, 2.75) is 82.5 Å². The number of para-hydroxylation sites is 1. The third-order valence-corrected chi connectivity index (χ3v) is 16.2. The number of hydrogen-bond donors (Lipinski definition) is 0. The van der Waals surface area contributed by atoms with Gasteiger partial charge in [0.15, 0.2) is 0 Å². The van der Waals surface area contributed by atoms with Crippen molar-refractivity contribution < 1.29 is 0 Å². The Morgan fingerprint density at radius 1 is 0.433 bits per heavy atom. The molecule has 296 valence electrons. The van der Waals surface area contributed by atoms with Crippen LogP contribution < -0.4 is 4.90 Å². The van der Waals surface area contributed by atoms with Gasteiger partial charge in [-0.1, -0.05) is 161 Å².